The fraction of sp³-hybridized carbons (Fsp3) is 0.200. The van der Waals surface area contributed by atoms with Gasteiger partial charge in [0.15, 0.2) is 0 Å². The third-order valence-electron chi connectivity index (χ3n) is 8.37. The minimum atomic E-state index is -0.927. The quantitative estimate of drug-likeness (QED) is 0.0861. The normalized spacial score (nSPS) is 11.4. The minimum Gasteiger partial charge on any atom is -0.487 e. The van der Waals surface area contributed by atoms with E-state index in [1.54, 1.807) is 0 Å². The van der Waals surface area contributed by atoms with E-state index in [0.29, 0.717) is 36.8 Å². The Morgan fingerprint density at radius 1 is 0.688 bits per heavy atom. The maximum atomic E-state index is 10.9. The van der Waals surface area contributed by atoms with Crippen LogP contribution in [0.25, 0.3) is 21.8 Å². The minimum absolute atomic E-state index is 0.0583. The molecule has 2 N–H and O–H groups in total. The number of hydrogen-bond acceptors (Lipinski definition) is 7. The first kappa shape index (κ1) is 32.3. The van der Waals surface area contributed by atoms with Gasteiger partial charge in [0.25, 0.3) is 0 Å². The second kappa shape index (κ2) is 14.9. The summed E-state index contributed by atoms with van der Waals surface area (Å²) in [5.41, 5.74) is 5.35. The number of nitrogens with zero attached hydrogens (tertiary/aromatic N) is 2. The molecule has 0 bridgehead atoms. The lowest BCUT2D eigenvalue weighted by molar-refractivity contribution is -0.138. The fourth-order valence-corrected chi connectivity index (χ4v) is 5.73. The van der Waals surface area contributed by atoms with Gasteiger partial charge in [-0.1, -0.05) is 79.7 Å². The van der Waals surface area contributed by atoms with Gasteiger partial charge in [0.1, 0.15) is 24.7 Å². The van der Waals surface area contributed by atoms with Gasteiger partial charge >= 0.3 is 5.97 Å². The highest BCUT2D eigenvalue weighted by Gasteiger charge is 2.31. The summed E-state index contributed by atoms with van der Waals surface area (Å²) in [6.45, 7) is 2.90. The number of benzene rings is 4. The number of aromatic nitrogens is 2. The van der Waals surface area contributed by atoms with E-state index in [1.165, 1.54) is 0 Å². The van der Waals surface area contributed by atoms with Crippen LogP contribution in [-0.2, 0) is 28.2 Å². The van der Waals surface area contributed by atoms with Crippen LogP contribution in [0.1, 0.15) is 42.3 Å². The molecule has 6 rings (SSSR count). The number of carboxylic acid groups (broad SMARTS) is 1. The standard InChI is InChI=1S/C40H37N3O5/c1-40(24-32(41)25-46-23-22-39(44)45,30-12-18-35(19-13-30)47-26-33-16-10-28-6-2-4-8-37(28)42-33)31-14-20-36(21-15-31)48-27-34-17-11-29-7-3-5-9-38(29)43-34/h2-21,41H,22-27H2,1H3,(H,44,45). The summed E-state index contributed by atoms with van der Waals surface area (Å²) in [7, 11) is 0. The highest BCUT2D eigenvalue weighted by molar-refractivity contribution is 5.85. The smallest absolute Gasteiger partial charge is 0.305 e. The SMILES string of the molecule is CC(CC(=N)COCCC(=O)O)(c1ccc(OCc2ccc3ccccc3n2)cc1)c1ccc(OCc2ccc3ccccc3n2)cc1. The Hall–Kier alpha value is -5.60. The van der Waals surface area contributed by atoms with Gasteiger partial charge in [0.2, 0.25) is 0 Å². The molecule has 242 valence electrons. The van der Waals surface area contributed by atoms with E-state index in [1.807, 2.05) is 121 Å². The van der Waals surface area contributed by atoms with Crippen molar-refractivity contribution in [2.24, 2.45) is 0 Å². The predicted octanol–water partition coefficient (Wildman–Crippen LogP) is 8.15. The van der Waals surface area contributed by atoms with E-state index in [4.69, 9.17) is 34.7 Å². The maximum Gasteiger partial charge on any atom is 0.305 e. The molecule has 0 aliphatic carbocycles. The molecule has 6 aromatic rings. The summed E-state index contributed by atoms with van der Waals surface area (Å²) in [5, 5.41) is 19.8. The van der Waals surface area contributed by atoms with Crippen LogP contribution in [0.2, 0.25) is 0 Å². The van der Waals surface area contributed by atoms with E-state index in [2.05, 4.69) is 6.92 Å². The van der Waals surface area contributed by atoms with Crippen molar-refractivity contribution in [1.82, 2.24) is 9.97 Å². The molecule has 0 unspecified atom stereocenters. The molecule has 0 atom stereocenters. The van der Waals surface area contributed by atoms with Crippen molar-refractivity contribution in [1.29, 1.82) is 5.41 Å². The van der Waals surface area contributed by atoms with E-state index < -0.39 is 11.4 Å². The first-order valence-electron chi connectivity index (χ1n) is 15.9. The van der Waals surface area contributed by atoms with Crippen LogP contribution in [0.15, 0.2) is 121 Å². The number of hydrogen-bond donors (Lipinski definition) is 2. The van der Waals surface area contributed by atoms with Crippen LogP contribution in [0.3, 0.4) is 0 Å². The topological polar surface area (TPSA) is 115 Å². The van der Waals surface area contributed by atoms with Crippen molar-refractivity contribution in [3.05, 3.63) is 144 Å². The van der Waals surface area contributed by atoms with E-state index in [0.717, 1.165) is 44.3 Å². The third kappa shape index (κ3) is 8.03. The molecule has 0 saturated carbocycles. The van der Waals surface area contributed by atoms with Crippen LogP contribution in [-0.4, -0.2) is 40.0 Å². The lowest BCUT2D eigenvalue weighted by atomic mass is 9.72. The largest absolute Gasteiger partial charge is 0.487 e. The average Bonchev–Trinajstić information content (AvgIpc) is 3.11. The highest BCUT2D eigenvalue weighted by Crippen LogP contribution is 2.37. The third-order valence-corrected chi connectivity index (χ3v) is 8.37. The number of rotatable bonds is 15. The molecule has 2 heterocycles. The first-order chi connectivity index (χ1) is 23.4. The summed E-state index contributed by atoms with van der Waals surface area (Å²) < 4.78 is 17.7. The zero-order valence-electron chi connectivity index (χ0n) is 26.8. The molecule has 0 saturated heterocycles. The number of fused-ring (bicyclic) bond motifs is 2. The monoisotopic (exact) mass is 639 g/mol. The van der Waals surface area contributed by atoms with Crippen molar-refractivity contribution in [3.8, 4) is 11.5 Å². The Kier molecular flexibility index (Phi) is 10.0. The molecular weight excluding hydrogens is 602 g/mol. The summed E-state index contributed by atoms with van der Waals surface area (Å²) in [4.78, 5) is 20.3. The lowest BCUT2D eigenvalue weighted by Gasteiger charge is -2.32. The Balaban J connectivity index is 1.16. The van der Waals surface area contributed by atoms with E-state index in [-0.39, 0.29) is 19.6 Å². The molecule has 0 radical (unpaired) electrons. The molecule has 0 aliphatic rings. The van der Waals surface area contributed by atoms with Crippen LogP contribution in [0, 0.1) is 5.41 Å². The number of carbonyl (C=O) groups is 1. The molecule has 48 heavy (non-hydrogen) atoms. The number of carboxylic acids is 1. The molecule has 0 spiro atoms. The van der Waals surface area contributed by atoms with E-state index in [9.17, 15) is 4.79 Å². The molecular formula is C40H37N3O5. The Bertz CT molecular complexity index is 1900. The Labute approximate surface area is 279 Å². The molecule has 0 amide bonds. The van der Waals surface area contributed by atoms with Crippen molar-refractivity contribution in [3.63, 3.8) is 0 Å². The van der Waals surface area contributed by atoms with Crippen LogP contribution in [0.4, 0.5) is 0 Å². The molecule has 8 heteroatoms. The maximum absolute atomic E-state index is 10.9. The Morgan fingerprint density at radius 3 is 1.65 bits per heavy atom. The number of nitrogens with one attached hydrogen (secondary N) is 1. The number of aliphatic carboxylic acids is 1. The zero-order valence-corrected chi connectivity index (χ0v) is 26.8. The van der Waals surface area contributed by atoms with Crippen molar-refractivity contribution in [2.75, 3.05) is 13.2 Å². The van der Waals surface area contributed by atoms with Gasteiger partial charge in [-0.3, -0.25) is 4.79 Å². The number of pyridine rings is 2. The van der Waals surface area contributed by atoms with Gasteiger partial charge in [-0.05, 0) is 59.7 Å². The second-order valence-electron chi connectivity index (χ2n) is 11.9. The van der Waals surface area contributed by atoms with Gasteiger partial charge in [0.05, 0.1) is 42.1 Å². The highest BCUT2D eigenvalue weighted by atomic mass is 16.5. The van der Waals surface area contributed by atoms with Crippen molar-refractivity contribution >= 4 is 33.5 Å². The van der Waals surface area contributed by atoms with Crippen LogP contribution >= 0.6 is 0 Å². The first-order valence-corrected chi connectivity index (χ1v) is 15.9. The average molecular weight is 640 g/mol. The van der Waals surface area contributed by atoms with Crippen molar-refractivity contribution in [2.45, 2.75) is 38.4 Å². The lowest BCUT2D eigenvalue weighted by Crippen LogP contribution is -2.29. The van der Waals surface area contributed by atoms with Gasteiger partial charge in [-0.25, -0.2) is 9.97 Å². The number of ether oxygens (including phenoxy) is 3. The number of para-hydroxylation sites is 2. The summed E-state index contributed by atoms with van der Waals surface area (Å²) >= 11 is 0. The molecule has 2 aromatic heterocycles. The van der Waals surface area contributed by atoms with Gasteiger partial charge in [-0.2, -0.15) is 0 Å². The van der Waals surface area contributed by atoms with Crippen LogP contribution < -0.4 is 9.47 Å². The summed E-state index contributed by atoms with van der Waals surface area (Å²) in [6, 6.07) is 39.9. The van der Waals surface area contributed by atoms with E-state index >= 15 is 0 Å². The zero-order chi connectivity index (χ0) is 33.3. The second-order valence-corrected chi connectivity index (χ2v) is 11.9. The van der Waals surface area contributed by atoms with Crippen LogP contribution in [0.5, 0.6) is 11.5 Å². The molecule has 8 nitrogen and oxygen atoms in total. The van der Waals surface area contributed by atoms with Gasteiger partial charge < -0.3 is 24.7 Å². The molecule has 0 fully saturated rings. The fourth-order valence-electron chi connectivity index (χ4n) is 5.73. The Morgan fingerprint density at radius 2 is 1.17 bits per heavy atom. The molecule has 0 aliphatic heterocycles. The van der Waals surface area contributed by atoms with Gasteiger partial charge in [0, 0.05) is 28.3 Å². The van der Waals surface area contributed by atoms with Gasteiger partial charge in [-0.15, -0.1) is 0 Å². The summed E-state index contributed by atoms with van der Waals surface area (Å²) in [6.07, 6.45) is 0.277. The van der Waals surface area contributed by atoms with Crippen molar-refractivity contribution < 1.29 is 24.1 Å². The predicted molar refractivity (Wildman–Crippen MR) is 187 cm³/mol. The summed E-state index contributed by atoms with van der Waals surface area (Å²) in [5.74, 6) is 0.507. The molecule has 4 aromatic carbocycles.